The molecule has 0 amide bonds. The third kappa shape index (κ3) is 1.88. The zero-order chi connectivity index (χ0) is 12.5. The fourth-order valence-electron chi connectivity index (χ4n) is 2.51. The third-order valence-electron chi connectivity index (χ3n) is 3.44. The highest BCUT2D eigenvalue weighted by Crippen LogP contribution is 2.30. The van der Waals surface area contributed by atoms with E-state index in [-0.39, 0.29) is 6.04 Å². The molecule has 1 aliphatic heterocycles. The molecule has 2 heterocycles. The van der Waals surface area contributed by atoms with Gasteiger partial charge in [-0.2, -0.15) is 5.10 Å². The van der Waals surface area contributed by atoms with Crippen molar-refractivity contribution in [3.05, 3.63) is 47.3 Å². The Morgan fingerprint density at radius 2 is 2.28 bits per heavy atom. The maximum absolute atomic E-state index is 5.32. The summed E-state index contributed by atoms with van der Waals surface area (Å²) in [4.78, 5) is 0. The summed E-state index contributed by atoms with van der Waals surface area (Å²) in [7, 11) is 3.65. The van der Waals surface area contributed by atoms with Crippen molar-refractivity contribution >= 4 is 0 Å². The summed E-state index contributed by atoms with van der Waals surface area (Å²) in [5, 5.41) is 8.03. The summed E-state index contributed by atoms with van der Waals surface area (Å²) < 4.78 is 7.16. The topological polar surface area (TPSA) is 39.1 Å². The van der Waals surface area contributed by atoms with E-state index < -0.39 is 0 Å². The molecule has 0 aliphatic carbocycles. The molecule has 0 saturated carbocycles. The number of hydrogen-bond donors (Lipinski definition) is 1. The van der Waals surface area contributed by atoms with Crippen molar-refractivity contribution in [1.29, 1.82) is 0 Å². The van der Waals surface area contributed by atoms with Crippen molar-refractivity contribution < 1.29 is 4.74 Å². The van der Waals surface area contributed by atoms with E-state index in [1.165, 1.54) is 11.1 Å². The molecule has 2 aromatic rings. The van der Waals surface area contributed by atoms with E-state index in [0.717, 1.165) is 24.4 Å². The van der Waals surface area contributed by atoms with Gasteiger partial charge in [-0.05, 0) is 35.7 Å². The van der Waals surface area contributed by atoms with Crippen molar-refractivity contribution in [2.45, 2.75) is 12.5 Å². The molecule has 0 spiro atoms. The van der Waals surface area contributed by atoms with Gasteiger partial charge >= 0.3 is 0 Å². The van der Waals surface area contributed by atoms with Crippen molar-refractivity contribution in [3.8, 4) is 5.75 Å². The molecule has 1 unspecified atom stereocenters. The van der Waals surface area contributed by atoms with E-state index in [4.69, 9.17) is 4.74 Å². The fraction of sp³-hybridized carbons (Fsp3) is 0.357. The molecule has 94 valence electrons. The lowest BCUT2D eigenvalue weighted by Crippen LogP contribution is -2.30. The first-order chi connectivity index (χ1) is 8.78. The van der Waals surface area contributed by atoms with Gasteiger partial charge in [-0.25, -0.2) is 0 Å². The number of nitrogens with zero attached hydrogens (tertiary/aromatic N) is 2. The minimum Gasteiger partial charge on any atom is -0.497 e. The largest absolute Gasteiger partial charge is 0.497 e. The first kappa shape index (κ1) is 11.3. The second kappa shape index (κ2) is 4.46. The Morgan fingerprint density at radius 1 is 1.39 bits per heavy atom. The Balaban J connectivity index is 2.04. The lowest BCUT2D eigenvalue weighted by atomic mass is 9.92. The molecule has 4 heteroatoms. The Morgan fingerprint density at radius 3 is 3.00 bits per heavy atom. The zero-order valence-electron chi connectivity index (χ0n) is 10.7. The van der Waals surface area contributed by atoms with Gasteiger partial charge in [-0.1, -0.05) is 6.07 Å². The predicted octanol–water partition coefficient (Wildman–Crippen LogP) is 1.66. The number of ether oxygens (including phenoxy) is 1. The maximum Gasteiger partial charge on any atom is 0.119 e. The average Bonchev–Trinajstić information content (AvgIpc) is 2.84. The summed E-state index contributed by atoms with van der Waals surface area (Å²) in [6.07, 6.45) is 3.04. The van der Waals surface area contributed by atoms with E-state index in [1.807, 2.05) is 24.0 Å². The van der Waals surface area contributed by atoms with Crippen molar-refractivity contribution in [3.63, 3.8) is 0 Å². The van der Waals surface area contributed by atoms with E-state index in [2.05, 4.69) is 28.6 Å². The highest BCUT2D eigenvalue weighted by molar-refractivity contribution is 5.42. The van der Waals surface area contributed by atoms with Gasteiger partial charge < -0.3 is 10.1 Å². The van der Waals surface area contributed by atoms with Gasteiger partial charge in [0, 0.05) is 19.8 Å². The lowest BCUT2D eigenvalue weighted by Gasteiger charge is -2.26. The minimum atomic E-state index is 0.171. The van der Waals surface area contributed by atoms with Crippen LogP contribution in [0.1, 0.15) is 22.9 Å². The van der Waals surface area contributed by atoms with Crippen molar-refractivity contribution in [1.82, 2.24) is 15.1 Å². The van der Waals surface area contributed by atoms with Crippen LogP contribution < -0.4 is 10.1 Å². The number of methoxy groups -OCH3 is 1. The SMILES string of the molecule is COc1ccc2c(c1)C(c1ccn(C)n1)NCC2. The Hall–Kier alpha value is -1.81. The van der Waals surface area contributed by atoms with Crippen LogP contribution in [0.25, 0.3) is 0 Å². The molecule has 0 bridgehead atoms. The van der Waals surface area contributed by atoms with Gasteiger partial charge in [-0.15, -0.1) is 0 Å². The molecule has 0 fully saturated rings. The van der Waals surface area contributed by atoms with Gasteiger partial charge in [-0.3, -0.25) is 4.68 Å². The smallest absolute Gasteiger partial charge is 0.119 e. The molecular weight excluding hydrogens is 226 g/mol. The van der Waals surface area contributed by atoms with Crippen LogP contribution in [-0.4, -0.2) is 23.4 Å². The molecule has 1 atom stereocenters. The van der Waals surface area contributed by atoms with Gasteiger partial charge in [0.05, 0.1) is 18.8 Å². The molecule has 1 aliphatic rings. The third-order valence-corrected chi connectivity index (χ3v) is 3.44. The van der Waals surface area contributed by atoms with Gasteiger partial charge in [0.25, 0.3) is 0 Å². The van der Waals surface area contributed by atoms with Gasteiger partial charge in [0.2, 0.25) is 0 Å². The molecule has 18 heavy (non-hydrogen) atoms. The highest BCUT2D eigenvalue weighted by atomic mass is 16.5. The summed E-state index contributed by atoms with van der Waals surface area (Å²) in [5.74, 6) is 0.901. The highest BCUT2D eigenvalue weighted by Gasteiger charge is 2.23. The van der Waals surface area contributed by atoms with Crippen LogP contribution in [-0.2, 0) is 13.5 Å². The second-order valence-electron chi connectivity index (χ2n) is 4.62. The number of nitrogens with one attached hydrogen (secondary N) is 1. The molecule has 1 aromatic carbocycles. The Kier molecular flexibility index (Phi) is 2.80. The van der Waals surface area contributed by atoms with Crippen LogP contribution in [0.15, 0.2) is 30.5 Å². The normalized spacial score (nSPS) is 18.4. The second-order valence-corrected chi connectivity index (χ2v) is 4.62. The quantitative estimate of drug-likeness (QED) is 0.872. The Labute approximate surface area is 107 Å². The van der Waals surface area contributed by atoms with Gasteiger partial charge in [0.15, 0.2) is 0 Å². The zero-order valence-corrected chi connectivity index (χ0v) is 10.7. The summed E-state index contributed by atoms with van der Waals surface area (Å²) in [6, 6.07) is 8.53. The number of fused-ring (bicyclic) bond motifs is 1. The standard InChI is InChI=1S/C14H17N3O/c1-17-8-6-13(16-17)14-12-9-11(18-2)4-3-10(12)5-7-15-14/h3-4,6,8-9,14-15H,5,7H2,1-2H3. The predicted molar refractivity (Wildman–Crippen MR) is 69.8 cm³/mol. The van der Waals surface area contributed by atoms with Crippen LogP contribution >= 0.6 is 0 Å². The van der Waals surface area contributed by atoms with Crippen molar-refractivity contribution in [2.75, 3.05) is 13.7 Å². The fourth-order valence-corrected chi connectivity index (χ4v) is 2.51. The number of aromatic nitrogens is 2. The minimum absolute atomic E-state index is 0.171. The first-order valence-corrected chi connectivity index (χ1v) is 6.17. The van der Waals surface area contributed by atoms with E-state index in [9.17, 15) is 0 Å². The molecule has 0 radical (unpaired) electrons. The van der Waals surface area contributed by atoms with Gasteiger partial charge in [0.1, 0.15) is 5.75 Å². The number of hydrogen-bond acceptors (Lipinski definition) is 3. The van der Waals surface area contributed by atoms with Crippen LogP contribution in [0.5, 0.6) is 5.75 Å². The molecule has 3 rings (SSSR count). The molecule has 4 nitrogen and oxygen atoms in total. The summed E-state index contributed by atoms with van der Waals surface area (Å²) in [5.41, 5.74) is 3.72. The molecule has 1 N–H and O–H groups in total. The summed E-state index contributed by atoms with van der Waals surface area (Å²) >= 11 is 0. The van der Waals surface area contributed by atoms with E-state index in [0.29, 0.717) is 0 Å². The van der Waals surface area contributed by atoms with Crippen molar-refractivity contribution in [2.24, 2.45) is 7.05 Å². The molecule has 0 saturated heterocycles. The first-order valence-electron chi connectivity index (χ1n) is 6.17. The number of aryl methyl sites for hydroxylation is 1. The van der Waals surface area contributed by atoms with Crippen LogP contribution in [0.3, 0.4) is 0 Å². The lowest BCUT2D eigenvalue weighted by molar-refractivity contribution is 0.412. The molecular formula is C14H17N3O. The van der Waals surface area contributed by atoms with E-state index >= 15 is 0 Å². The monoisotopic (exact) mass is 243 g/mol. The van der Waals surface area contributed by atoms with Crippen LogP contribution in [0.4, 0.5) is 0 Å². The Bertz CT molecular complexity index is 562. The maximum atomic E-state index is 5.32. The van der Waals surface area contributed by atoms with Crippen LogP contribution in [0.2, 0.25) is 0 Å². The average molecular weight is 243 g/mol. The number of benzene rings is 1. The van der Waals surface area contributed by atoms with E-state index in [1.54, 1.807) is 7.11 Å². The molecule has 1 aromatic heterocycles. The number of rotatable bonds is 2. The summed E-state index contributed by atoms with van der Waals surface area (Å²) in [6.45, 7) is 0.987. The van der Waals surface area contributed by atoms with Crippen LogP contribution in [0, 0.1) is 0 Å².